The van der Waals surface area contributed by atoms with Gasteiger partial charge >= 0.3 is 0 Å². The van der Waals surface area contributed by atoms with Crippen LogP contribution in [0.5, 0.6) is 0 Å². The van der Waals surface area contributed by atoms with Crippen molar-refractivity contribution in [2.75, 3.05) is 11.9 Å². The average Bonchev–Trinajstić information content (AvgIpc) is 2.57. The van der Waals surface area contributed by atoms with E-state index in [0.717, 1.165) is 23.1 Å². The van der Waals surface area contributed by atoms with Crippen LogP contribution >= 0.6 is 0 Å². The number of hydrogen-bond donors (Lipinski definition) is 2. The van der Waals surface area contributed by atoms with Gasteiger partial charge in [0.05, 0.1) is 12.3 Å². The van der Waals surface area contributed by atoms with Crippen molar-refractivity contribution in [1.82, 2.24) is 4.72 Å². The van der Waals surface area contributed by atoms with Crippen LogP contribution in [0, 0.1) is 13.8 Å². The van der Waals surface area contributed by atoms with Crippen LogP contribution in [-0.2, 0) is 27.0 Å². The molecule has 0 saturated carbocycles. The molecule has 0 saturated heterocycles. The first-order valence-electron chi connectivity index (χ1n) is 8.22. The number of aryl methyl sites for hydroxylation is 3. The highest BCUT2D eigenvalue weighted by Crippen LogP contribution is 2.15. The first kappa shape index (κ1) is 19.1. The third-order valence-electron chi connectivity index (χ3n) is 4.05. The third-order valence-corrected chi connectivity index (χ3v) is 5.35. The number of carbonyl (C=O) groups excluding carboxylic acids is 1. The highest BCUT2D eigenvalue weighted by molar-refractivity contribution is 7.88. The number of anilines is 1. The van der Waals surface area contributed by atoms with E-state index in [1.807, 2.05) is 51.1 Å². The van der Waals surface area contributed by atoms with Gasteiger partial charge in [-0.05, 0) is 48.6 Å². The summed E-state index contributed by atoms with van der Waals surface area (Å²) in [4.78, 5) is 12.0. The molecule has 0 atom stereocenters. The van der Waals surface area contributed by atoms with E-state index in [1.54, 1.807) is 12.1 Å². The molecular weight excluding hydrogens is 336 g/mol. The van der Waals surface area contributed by atoms with Gasteiger partial charge in [-0.2, -0.15) is 0 Å². The van der Waals surface area contributed by atoms with E-state index in [-0.39, 0.29) is 18.2 Å². The molecular formula is C19H24N2O3S. The molecule has 0 aliphatic carbocycles. The lowest BCUT2D eigenvalue weighted by Crippen LogP contribution is -2.33. The molecule has 0 radical (unpaired) electrons. The Morgan fingerprint density at radius 2 is 1.76 bits per heavy atom. The largest absolute Gasteiger partial charge is 0.325 e. The van der Waals surface area contributed by atoms with Crippen molar-refractivity contribution in [1.29, 1.82) is 0 Å². The summed E-state index contributed by atoms with van der Waals surface area (Å²) in [5.41, 5.74) is 4.58. The Hall–Kier alpha value is -2.18. The number of rotatable bonds is 7. The smallest absolute Gasteiger partial charge is 0.239 e. The lowest BCUT2D eigenvalue weighted by molar-refractivity contribution is -0.115. The number of benzene rings is 2. The molecule has 0 bridgehead atoms. The standard InChI is InChI=1S/C19H24N2O3S/c1-4-17-7-5-6-8-18(17)21-19(22)12-20-25(23,24)13-16-10-9-14(2)15(3)11-16/h5-11,20H,4,12-13H2,1-3H3,(H,21,22). The molecule has 0 unspecified atom stereocenters. The van der Waals surface area contributed by atoms with Crippen LogP contribution < -0.4 is 10.0 Å². The second-order valence-electron chi connectivity index (χ2n) is 6.06. The minimum atomic E-state index is -3.58. The molecule has 5 nitrogen and oxygen atoms in total. The Labute approximate surface area is 149 Å². The number of nitrogens with one attached hydrogen (secondary N) is 2. The molecule has 0 heterocycles. The predicted molar refractivity (Wildman–Crippen MR) is 101 cm³/mol. The number of carbonyl (C=O) groups is 1. The van der Waals surface area contributed by atoms with Gasteiger partial charge in [0.25, 0.3) is 0 Å². The maximum atomic E-state index is 12.2. The predicted octanol–water partition coefficient (Wildman–Crippen LogP) is 2.92. The van der Waals surface area contributed by atoms with Crippen molar-refractivity contribution < 1.29 is 13.2 Å². The van der Waals surface area contributed by atoms with E-state index in [0.29, 0.717) is 11.3 Å². The zero-order chi connectivity index (χ0) is 18.4. The van der Waals surface area contributed by atoms with E-state index in [2.05, 4.69) is 10.0 Å². The Bertz CT molecular complexity index is 861. The molecule has 0 aliphatic heterocycles. The third kappa shape index (κ3) is 5.69. The highest BCUT2D eigenvalue weighted by Gasteiger charge is 2.14. The zero-order valence-corrected chi connectivity index (χ0v) is 15.6. The number of para-hydroxylation sites is 1. The lowest BCUT2D eigenvalue weighted by Gasteiger charge is -2.11. The van der Waals surface area contributed by atoms with Crippen molar-refractivity contribution in [2.45, 2.75) is 32.9 Å². The van der Waals surface area contributed by atoms with Crippen molar-refractivity contribution in [3.8, 4) is 0 Å². The first-order valence-corrected chi connectivity index (χ1v) is 9.87. The van der Waals surface area contributed by atoms with Crippen LogP contribution in [-0.4, -0.2) is 20.9 Å². The lowest BCUT2D eigenvalue weighted by atomic mass is 10.1. The van der Waals surface area contributed by atoms with Gasteiger partial charge < -0.3 is 5.32 Å². The molecule has 2 rings (SSSR count). The summed E-state index contributed by atoms with van der Waals surface area (Å²) in [6, 6.07) is 13.0. The molecule has 2 N–H and O–H groups in total. The van der Waals surface area contributed by atoms with Crippen molar-refractivity contribution >= 4 is 21.6 Å². The molecule has 25 heavy (non-hydrogen) atoms. The maximum absolute atomic E-state index is 12.2. The van der Waals surface area contributed by atoms with Crippen LogP contribution in [0.15, 0.2) is 42.5 Å². The molecule has 0 aliphatic rings. The van der Waals surface area contributed by atoms with Gasteiger partial charge in [-0.1, -0.05) is 43.3 Å². The van der Waals surface area contributed by atoms with Crippen molar-refractivity contribution in [2.24, 2.45) is 0 Å². The molecule has 2 aromatic rings. The quantitative estimate of drug-likeness (QED) is 0.797. The summed E-state index contributed by atoms with van der Waals surface area (Å²) in [6.45, 7) is 5.63. The van der Waals surface area contributed by atoms with Gasteiger partial charge in [0.15, 0.2) is 0 Å². The number of sulfonamides is 1. The molecule has 2 aromatic carbocycles. The molecule has 6 heteroatoms. The van der Waals surface area contributed by atoms with Crippen LogP contribution in [0.2, 0.25) is 0 Å². The molecule has 134 valence electrons. The van der Waals surface area contributed by atoms with E-state index in [1.165, 1.54) is 0 Å². The Morgan fingerprint density at radius 1 is 1.04 bits per heavy atom. The van der Waals surface area contributed by atoms with E-state index >= 15 is 0 Å². The SMILES string of the molecule is CCc1ccccc1NC(=O)CNS(=O)(=O)Cc1ccc(C)c(C)c1. The highest BCUT2D eigenvalue weighted by atomic mass is 32.2. The fourth-order valence-electron chi connectivity index (χ4n) is 2.48. The van der Waals surface area contributed by atoms with Gasteiger partial charge in [0, 0.05) is 5.69 Å². The number of hydrogen-bond acceptors (Lipinski definition) is 3. The normalized spacial score (nSPS) is 11.3. The zero-order valence-electron chi connectivity index (χ0n) is 14.8. The van der Waals surface area contributed by atoms with Gasteiger partial charge in [-0.25, -0.2) is 13.1 Å². The van der Waals surface area contributed by atoms with Crippen LogP contribution in [0.25, 0.3) is 0 Å². The second-order valence-corrected chi connectivity index (χ2v) is 7.86. The molecule has 0 spiro atoms. The minimum Gasteiger partial charge on any atom is -0.325 e. The van der Waals surface area contributed by atoms with Crippen LogP contribution in [0.1, 0.15) is 29.2 Å². The van der Waals surface area contributed by atoms with Crippen LogP contribution in [0.3, 0.4) is 0 Å². The Kier molecular flexibility index (Phi) is 6.33. The molecule has 1 amide bonds. The van der Waals surface area contributed by atoms with Gasteiger partial charge in [-0.15, -0.1) is 0 Å². The molecule has 0 aromatic heterocycles. The fourth-order valence-corrected chi connectivity index (χ4v) is 3.56. The number of amides is 1. The summed E-state index contributed by atoms with van der Waals surface area (Å²) in [5, 5.41) is 2.75. The summed E-state index contributed by atoms with van der Waals surface area (Å²) < 4.78 is 26.7. The monoisotopic (exact) mass is 360 g/mol. The van der Waals surface area contributed by atoms with Crippen molar-refractivity contribution in [3.05, 3.63) is 64.7 Å². The molecule has 0 fully saturated rings. The maximum Gasteiger partial charge on any atom is 0.239 e. The van der Waals surface area contributed by atoms with Gasteiger partial charge in [0.2, 0.25) is 15.9 Å². The summed E-state index contributed by atoms with van der Waals surface area (Å²) in [7, 11) is -3.58. The van der Waals surface area contributed by atoms with E-state index in [4.69, 9.17) is 0 Å². The van der Waals surface area contributed by atoms with Gasteiger partial charge in [-0.3, -0.25) is 4.79 Å². The Morgan fingerprint density at radius 3 is 2.44 bits per heavy atom. The summed E-state index contributed by atoms with van der Waals surface area (Å²) in [5.74, 6) is -0.531. The topological polar surface area (TPSA) is 75.3 Å². The Balaban J connectivity index is 1.94. The minimum absolute atomic E-state index is 0.146. The first-order chi connectivity index (χ1) is 11.8. The average molecular weight is 360 g/mol. The van der Waals surface area contributed by atoms with Crippen LogP contribution in [0.4, 0.5) is 5.69 Å². The van der Waals surface area contributed by atoms with Gasteiger partial charge in [0.1, 0.15) is 0 Å². The van der Waals surface area contributed by atoms with Crippen molar-refractivity contribution in [3.63, 3.8) is 0 Å². The second kappa shape index (κ2) is 8.27. The summed E-state index contributed by atoms with van der Waals surface area (Å²) in [6.07, 6.45) is 0.787. The fraction of sp³-hybridized carbons (Fsp3) is 0.316. The summed E-state index contributed by atoms with van der Waals surface area (Å²) >= 11 is 0. The van der Waals surface area contributed by atoms with E-state index < -0.39 is 10.0 Å². The van der Waals surface area contributed by atoms with E-state index in [9.17, 15) is 13.2 Å².